The van der Waals surface area contributed by atoms with Gasteiger partial charge in [0.05, 0.1) is 5.75 Å². The van der Waals surface area contributed by atoms with E-state index < -0.39 is 9.84 Å². The molecule has 0 saturated carbocycles. The van der Waals surface area contributed by atoms with E-state index in [1.807, 2.05) is 43.1 Å². The van der Waals surface area contributed by atoms with Gasteiger partial charge < -0.3 is 4.90 Å². The molecule has 2 aromatic rings. The highest BCUT2D eigenvalue weighted by molar-refractivity contribution is 7.90. The average Bonchev–Trinajstić information content (AvgIpc) is 2.58. The van der Waals surface area contributed by atoms with Crippen LogP contribution in [0.3, 0.4) is 0 Å². The maximum Gasteiger partial charge on any atom is 0.161 e. The van der Waals surface area contributed by atoms with Gasteiger partial charge >= 0.3 is 0 Å². The van der Waals surface area contributed by atoms with Crippen LogP contribution in [0.2, 0.25) is 5.02 Å². The summed E-state index contributed by atoms with van der Waals surface area (Å²) in [5.41, 5.74) is 3.08. The molecule has 0 fully saturated rings. The number of fused-ring (bicyclic) bond motifs is 1. The molecule has 1 aliphatic carbocycles. The Balaban J connectivity index is 2.06. The topological polar surface area (TPSA) is 63.2 Å². The molecule has 0 aliphatic heterocycles. The molecule has 26 heavy (non-hydrogen) atoms. The van der Waals surface area contributed by atoms with Crippen LogP contribution in [0.25, 0.3) is 11.4 Å². The molecule has 5 nitrogen and oxygen atoms in total. The number of nitrogens with zero attached hydrogens (tertiary/aromatic N) is 3. The Kier molecular flexibility index (Phi) is 5.53. The summed E-state index contributed by atoms with van der Waals surface area (Å²) in [7, 11) is -1.16. The molecule has 1 aromatic heterocycles. The van der Waals surface area contributed by atoms with E-state index in [0.29, 0.717) is 10.8 Å². The zero-order valence-electron chi connectivity index (χ0n) is 15.4. The van der Waals surface area contributed by atoms with Gasteiger partial charge in [-0.2, -0.15) is 0 Å². The maximum atomic E-state index is 11.7. The highest BCUT2D eigenvalue weighted by Gasteiger charge is 2.24. The highest BCUT2D eigenvalue weighted by atomic mass is 35.5. The minimum atomic E-state index is -3.07. The predicted molar refractivity (Wildman–Crippen MR) is 107 cm³/mol. The Morgan fingerprint density at radius 3 is 2.65 bits per heavy atom. The fourth-order valence-corrected chi connectivity index (χ4v) is 4.67. The summed E-state index contributed by atoms with van der Waals surface area (Å²) in [5.74, 6) is 1.57. The number of aromatic nitrogens is 2. The molecule has 1 aliphatic rings. The van der Waals surface area contributed by atoms with Crippen LogP contribution in [-0.2, 0) is 22.7 Å². The van der Waals surface area contributed by atoms with Crippen molar-refractivity contribution in [2.24, 2.45) is 0 Å². The van der Waals surface area contributed by atoms with Gasteiger partial charge in [-0.3, -0.25) is 0 Å². The van der Waals surface area contributed by atoms with Crippen LogP contribution >= 0.6 is 11.6 Å². The van der Waals surface area contributed by atoms with Crippen molar-refractivity contribution in [1.29, 1.82) is 0 Å². The number of benzene rings is 1. The molecule has 0 radical (unpaired) electrons. The lowest BCUT2D eigenvalue weighted by atomic mass is 9.95. The van der Waals surface area contributed by atoms with E-state index in [-0.39, 0.29) is 11.8 Å². The van der Waals surface area contributed by atoms with Crippen LogP contribution in [-0.4, -0.2) is 43.5 Å². The molecular formula is C19H24ClN3O2S. The first-order chi connectivity index (χ1) is 12.2. The van der Waals surface area contributed by atoms with Gasteiger partial charge in [-0.05, 0) is 44.7 Å². The molecule has 1 aromatic carbocycles. The average molecular weight is 394 g/mol. The van der Waals surface area contributed by atoms with Gasteiger partial charge in [-0.25, -0.2) is 18.4 Å². The van der Waals surface area contributed by atoms with Crippen molar-refractivity contribution in [3.05, 3.63) is 40.5 Å². The second-order valence-corrected chi connectivity index (χ2v) is 9.69. The van der Waals surface area contributed by atoms with Gasteiger partial charge in [-0.15, -0.1) is 0 Å². The van der Waals surface area contributed by atoms with E-state index in [9.17, 15) is 8.42 Å². The molecule has 0 spiro atoms. The number of rotatable bonds is 5. The number of hydrogen-bond donors (Lipinski definition) is 0. The van der Waals surface area contributed by atoms with Gasteiger partial charge in [0.1, 0.15) is 15.7 Å². The first-order valence-electron chi connectivity index (χ1n) is 8.81. The largest absolute Gasteiger partial charge is 0.356 e. The Hall–Kier alpha value is -1.66. The minimum absolute atomic E-state index is 0.0920. The van der Waals surface area contributed by atoms with Gasteiger partial charge in [-0.1, -0.05) is 23.7 Å². The van der Waals surface area contributed by atoms with E-state index in [1.165, 1.54) is 6.26 Å². The van der Waals surface area contributed by atoms with Crippen molar-refractivity contribution >= 4 is 27.3 Å². The Labute approximate surface area is 160 Å². The van der Waals surface area contributed by atoms with Crippen LogP contribution in [0.5, 0.6) is 0 Å². The first-order valence-corrected chi connectivity index (χ1v) is 11.2. The molecule has 0 bridgehead atoms. The molecule has 1 heterocycles. The molecule has 140 valence electrons. The van der Waals surface area contributed by atoms with Crippen molar-refractivity contribution in [2.45, 2.75) is 38.6 Å². The van der Waals surface area contributed by atoms with E-state index in [4.69, 9.17) is 21.6 Å². The van der Waals surface area contributed by atoms with Crippen LogP contribution in [0.1, 0.15) is 31.0 Å². The smallest absolute Gasteiger partial charge is 0.161 e. The minimum Gasteiger partial charge on any atom is -0.356 e. The Morgan fingerprint density at radius 2 is 1.96 bits per heavy atom. The number of halogens is 1. The summed E-state index contributed by atoms with van der Waals surface area (Å²) in [4.78, 5) is 11.6. The van der Waals surface area contributed by atoms with Crippen molar-refractivity contribution in [2.75, 3.05) is 24.0 Å². The zero-order chi connectivity index (χ0) is 18.9. The third-order valence-corrected chi connectivity index (χ3v) is 6.11. The van der Waals surface area contributed by atoms with Gasteiger partial charge in [0, 0.05) is 41.2 Å². The summed E-state index contributed by atoms with van der Waals surface area (Å²) in [5, 5.41) is 0.643. The summed E-state index contributed by atoms with van der Waals surface area (Å²) >= 11 is 6.13. The molecule has 0 saturated heterocycles. The second-order valence-electron chi connectivity index (χ2n) is 7.07. The molecule has 7 heteroatoms. The van der Waals surface area contributed by atoms with Crippen LogP contribution in [0, 0.1) is 0 Å². The summed E-state index contributed by atoms with van der Waals surface area (Å²) in [6.07, 6.45) is 5.34. The quantitative estimate of drug-likeness (QED) is 0.777. The van der Waals surface area contributed by atoms with Crippen molar-refractivity contribution in [3.8, 4) is 11.4 Å². The van der Waals surface area contributed by atoms with Crippen LogP contribution in [0.4, 0.5) is 5.82 Å². The van der Waals surface area contributed by atoms with Gasteiger partial charge in [0.25, 0.3) is 0 Å². The lowest BCUT2D eigenvalue weighted by molar-refractivity contribution is 0.591. The molecule has 0 N–H and O–H groups in total. The zero-order valence-corrected chi connectivity index (χ0v) is 16.9. The van der Waals surface area contributed by atoms with Crippen molar-refractivity contribution < 1.29 is 8.42 Å². The molecule has 1 unspecified atom stereocenters. The van der Waals surface area contributed by atoms with Gasteiger partial charge in [0.2, 0.25) is 0 Å². The van der Waals surface area contributed by atoms with E-state index in [2.05, 4.69) is 0 Å². The predicted octanol–water partition coefficient (Wildman–Crippen LogP) is 3.55. The normalized spacial score (nSPS) is 15.4. The summed E-state index contributed by atoms with van der Waals surface area (Å²) in [6.45, 7) is 1.91. The monoisotopic (exact) mass is 393 g/mol. The third-order valence-electron chi connectivity index (χ3n) is 4.78. The molecular weight excluding hydrogens is 370 g/mol. The fourth-order valence-electron chi connectivity index (χ4n) is 3.38. The van der Waals surface area contributed by atoms with E-state index in [0.717, 1.165) is 48.3 Å². The van der Waals surface area contributed by atoms with Crippen LogP contribution in [0.15, 0.2) is 24.3 Å². The van der Waals surface area contributed by atoms with E-state index in [1.54, 1.807) is 0 Å². The van der Waals surface area contributed by atoms with Crippen molar-refractivity contribution in [3.63, 3.8) is 0 Å². The van der Waals surface area contributed by atoms with E-state index >= 15 is 0 Å². The Morgan fingerprint density at radius 1 is 1.23 bits per heavy atom. The number of aryl methyl sites for hydroxylation is 1. The molecule has 0 amide bonds. The van der Waals surface area contributed by atoms with Crippen molar-refractivity contribution in [1.82, 2.24) is 9.97 Å². The lowest BCUT2D eigenvalue weighted by Crippen LogP contribution is -2.36. The first kappa shape index (κ1) is 19.1. The number of hydrogen-bond acceptors (Lipinski definition) is 5. The third kappa shape index (κ3) is 4.35. The summed E-state index contributed by atoms with van der Waals surface area (Å²) in [6, 6.07) is 7.34. The second kappa shape index (κ2) is 7.53. The molecule has 1 atom stereocenters. The SMILES string of the molecule is CC(CS(C)(=O)=O)N(C)c1nc(-c2cccc(Cl)c2)nc2c1CCCC2. The molecule has 3 rings (SSSR count). The van der Waals surface area contributed by atoms with Crippen LogP contribution < -0.4 is 4.90 Å². The summed E-state index contributed by atoms with van der Waals surface area (Å²) < 4.78 is 23.4. The van der Waals surface area contributed by atoms with Gasteiger partial charge in [0.15, 0.2) is 5.82 Å². The number of sulfone groups is 1. The maximum absolute atomic E-state index is 11.7. The standard InChI is InChI=1S/C19H24ClN3O2S/c1-13(12-26(3,24)25)23(2)19-16-9-4-5-10-17(16)21-18(22-19)14-7-6-8-15(20)11-14/h6-8,11,13H,4-5,9-10,12H2,1-3H3. The Bertz CT molecular complexity index is 915. The lowest BCUT2D eigenvalue weighted by Gasteiger charge is -2.30. The fraction of sp³-hybridized carbons (Fsp3) is 0.474. The highest BCUT2D eigenvalue weighted by Crippen LogP contribution is 2.31. The number of anilines is 1.